The number of hydrogen-bond donors (Lipinski definition) is 2. The van der Waals surface area contributed by atoms with Gasteiger partial charge in [-0.25, -0.2) is 0 Å². The third kappa shape index (κ3) is 6.27. The van der Waals surface area contributed by atoms with Crippen LogP contribution in [0.3, 0.4) is 0 Å². The Kier molecular flexibility index (Phi) is 5.72. The second kappa shape index (κ2) is 7.08. The molecule has 0 heterocycles. The van der Waals surface area contributed by atoms with E-state index in [2.05, 4.69) is 5.32 Å². The van der Waals surface area contributed by atoms with Crippen molar-refractivity contribution in [3.8, 4) is 5.75 Å². The molecule has 0 aliphatic rings. The lowest BCUT2D eigenvalue weighted by Crippen LogP contribution is -2.39. The number of esters is 1. The van der Waals surface area contributed by atoms with Gasteiger partial charge in [0.15, 0.2) is 0 Å². The van der Waals surface area contributed by atoms with Crippen LogP contribution >= 0.6 is 0 Å². The van der Waals surface area contributed by atoms with Crippen molar-refractivity contribution < 1.29 is 19.1 Å². The number of methoxy groups -OCH3 is 1. The minimum absolute atomic E-state index is 0.147. The van der Waals surface area contributed by atoms with Crippen molar-refractivity contribution in [2.24, 2.45) is 5.73 Å². The molecular formula is C15H22N2O4. The highest BCUT2D eigenvalue weighted by molar-refractivity contribution is 5.94. The molecule has 1 aromatic rings. The van der Waals surface area contributed by atoms with Crippen molar-refractivity contribution in [3.05, 3.63) is 24.3 Å². The van der Waals surface area contributed by atoms with Crippen LogP contribution in [0.5, 0.6) is 5.75 Å². The molecule has 3 N–H and O–H groups in total. The van der Waals surface area contributed by atoms with E-state index in [1.807, 2.05) is 0 Å². The Labute approximate surface area is 124 Å². The van der Waals surface area contributed by atoms with Crippen LogP contribution < -0.4 is 15.8 Å². The van der Waals surface area contributed by atoms with Crippen LogP contribution in [0.15, 0.2) is 24.3 Å². The van der Waals surface area contributed by atoms with E-state index in [9.17, 15) is 9.59 Å². The molecule has 0 fully saturated rings. The minimum atomic E-state index is -0.991. The first-order valence-electron chi connectivity index (χ1n) is 6.63. The van der Waals surface area contributed by atoms with E-state index in [1.165, 1.54) is 0 Å². The largest absolute Gasteiger partial charge is 0.497 e. The Bertz CT molecular complexity index is 509. The first kappa shape index (κ1) is 17.0. The average molecular weight is 294 g/mol. The Morgan fingerprint density at radius 1 is 1.33 bits per heavy atom. The number of amides is 1. The summed E-state index contributed by atoms with van der Waals surface area (Å²) >= 11 is 0. The van der Waals surface area contributed by atoms with Gasteiger partial charge in [0, 0.05) is 11.8 Å². The summed E-state index contributed by atoms with van der Waals surface area (Å²) in [5.74, 6) is -0.325. The Morgan fingerprint density at radius 2 is 2.00 bits per heavy atom. The molecule has 1 atom stereocenters. The van der Waals surface area contributed by atoms with Crippen LogP contribution in [-0.4, -0.2) is 30.6 Å². The molecule has 21 heavy (non-hydrogen) atoms. The monoisotopic (exact) mass is 294 g/mol. The quantitative estimate of drug-likeness (QED) is 0.806. The first-order chi connectivity index (χ1) is 9.71. The molecule has 0 saturated heterocycles. The van der Waals surface area contributed by atoms with E-state index in [-0.39, 0.29) is 12.3 Å². The highest BCUT2D eigenvalue weighted by Crippen LogP contribution is 2.17. The molecule has 0 bridgehead atoms. The number of carbonyl (C=O) groups excluding carboxylic acids is 2. The molecule has 0 radical (unpaired) electrons. The van der Waals surface area contributed by atoms with Crippen LogP contribution in [0.25, 0.3) is 0 Å². The van der Waals surface area contributed by atoms with Crippen molar-refractivity contribution in [1.29, 1.82) is 0 Å². The zero-order valence-corrected chi connectivity index (χ0v) is 12.8. The summed E-state index contributed by atoms with van der Waals surface area (Å²) < 4.78 is 10.2. The number of anilines is 1. The molecule has 116 valence electrons. The molecule has 0 aliphatic carbocycles. The van der Waals surface area contributed by atoms with Gasteiger partial charge in [-0.2, -0.15) is 0 Å². The van der Waals surface area contributed by atoms with Crippen LogP contribution in [0.4, 0.5) is 5.69 Å². The molecule has 1 amide bonds. The van der Waals surface area contributed by atoms with Crippen molar-refractivity contribution >= 4 is 17.6 Å². The van der Waals surface area contributed by atoms with E-state index in [0.29, 0.717) is 11.4 Å². The van der Waals surface area contributed by atoms with E-state index in [4.69, 9.17) is 15.2 Å². The normalized spacial score (nSPS) is 12.4. The predicted molar refractivity (Wildman–Crippen MR) is 80.1 cm³/mol. The molecule has 1 aromatic carbocycles. The topological polar surface area (TPSA) is 90.6 Å². The van der Waals surface area contributed by atoms with E-state index >= 15 is 0 Å². The SMILES string of the molecule is COc1cccc(NC(=O)CC(N)C(=O)OC(C)(C)C)c1. The summed E-state index contributed by atoms with van der Waals surface area (Å²) in [4.78, 5) is 23.6. The lowest BCUT2D eigenvalue weighted by atomic mass is 10.1. The van der Waals surface area contributed by atoms with Gasteiger partial charge in [-0.05, 0) is 32.9 Å². The van der Waals surface area contributed by atoms with Gasteiger partial charge in [-0.15, -0.1) is 0 Å². The van der Waals surface area contributed by atoms with Crippen LogP contribution in [0.2, 0.25) is 0 Å². The second-order valence-electron chi connectivity index (χ2n) is 5.62. The molecule has 0 aliphatic heterocycles. The van der Waals surface area contributed by atoms with Gasteiger partial charge in [0.05, 0.1) is 13.5 Å². The van der Waals surface area contributed by atoms with Crippen molar-refractivity contribution in [2.75, 3.05) is 12.4 Å². The molecule has 1 rings (SSSR count). The number of nitrogens with two attached hydrogens (primary N) is 1. The highest BCUT2D eigenvalue weighted by atomic mass is 16.6. The summed E-state index contributed by atoms with van der Waals surface area (Å²) in [6.07, 6.45) is -0.147. The third-order valence-electron chi connectivity index (χ3n) is 2.47. The van der Waals surface area contributed by atoms with Gasteiger partial charge in [-0.3, -0.25) is 9.59 Å². The van der Waals surface area contributed by atoms with Gasteiger partial charge in [-0.1, -0.05) is 6.07 Å². The third-order valence-corrected chi connectivity index (χ3v) is 2.47. The maximum Gasteiger partial charge on any atom is 0.323 e. The van der Waals surface area contributed by atoms with Gasteiger partial charge in [0.2, 0.25) is 5.91 Å². The maximum atomic E-state index is 11.9. The number of nitrogens with one attached hydrogen (secondary N) is 1. The number of carbonyl (C=O) groups is 2. The number of hydrogen-bond acceptors (Lipinski definition) is 5. The van der Waals surface area contributed by atoms with Crippen molar-refractivity contribution in [2.45, 2.75) is 38.8 Å². The van der Waals surface area contributed by atoms with Gasteiger partial charge < -0.3 is 20.5 Å². The van der Waals surface area contributed by atoms with E-state index < -0.39 is 17.6 Å². The summed E-state index contributed by atoms with van der Waals surface area (Å²) in [7, 11) is 1.54. The summed E-state index contributed by atoms with van der Waals surface area (Å²) in [5.41, 5.74) is 5.63. The fraction of sp³-hybridized carbons (Fsp3) is 0.467. The van der Waals surface area contributed by atoms with Crippen LogP contribution in [0, 0.1) is 0 Å². The zero-order chi connectivity index (χ0) is 16.0. The fourth-order valence-corrected chi connectivity index (χ4v) is 1.57. The fourth-order valence-electron chi connectivity index (χ4n) is 1.57. The highest BCUT2D eigenvalue weighted by Gasteiger charge is 2.24. The van der Waals surface area contributed by atoms with Gasteiger partial charge in [0.1, 0.15) is 17.4 Å². The minimum Gasteiger partial charge on any atom is -0.497 e. The van der Waals surface area contributed by atoms with Crippen molar-refractivity contribution in [1.82, 2.24) is 0 Å². The van der Waals surface area contributed by atoms with E-state index in [1.54, 1.807) is 52.1 Å². The maximum absolute atomic E-state index is 11.9. The number of ether oxygens (including phenoxy) is 2. The summed E-state index contributed by atoms with van der Waals surface area (Å²) in [5, 5.41) is 2.66. The number of rotatable bonds is 5. The Hall–Kier alpha value is -2.08. The Morgan fingerprint density at radius 3 is 2.57 bits per heavy atom. The predicted octanol–water partition coefficient (Wildman–Crippen LogP) is 1.69. The molecule has 1 unspecified atom stereocenters. The van der Waals surface area contributed by atoms with Crippen molar-refractivity contribution in [3.63, 3.8) is 0 Å². The molecular weight excluding hydrogens is 272 g/mol. The van der Waals surface area contributed by atoms with E-state index in [0.717, 1.165) is 0 Å². The van der Waals surface area contributed by atoms with Gasteiger partial charge in [0.25, 0.3) is 0 Å². The lowest BCUT2D eigenvalue weighted by Gasteiger charge is -2.22. The summed E-state index contributed by atoms with van der Waals surface area (Å²) in [6, 6.07) is 5.93. The Balaban J connectivity index is 2.54. The van der Waals surface area contributed by atoms with Gasteiger partial charge >= 0.3 is 5.97 Å². The lowest BCUT2D eigenvalue weighted by molar-refractivity contribution is -0.157. The number of benzene rings is 1. The molecule has 0 spiro atoms. The first-order valence-corrected chi connectivity index (χ1v) is 6.63. The zero-order valence-electron chi connectivity index (χ0n) is 12.8. The molecule has 6 nitrogen and oxygen atoms in total. The van der Waals surface area contributed by atoms with Crippen LogP contribution in [0.1, 0.15) is 27.2 Å². The molecule has 6 heteroatoms. The standard InChI is InChI=1S/C15H22N2O4/c1-15(2,3)21-14(19)12(16)9-13(18)17-10-6-5-7-11(8-10)20-4/h5-8,12H,9,16H2,1-4H3,(H,17,18). The average Bonchev–Trinajstić information content (AvgIpc) is 2.36. The molecule has 0 saturated carbocycles. The summed E-state index contributed by atoms with van der Waals surface area (Å²) in [6.45, 7) is 5.23. The van der Waals surface area contributed by atoms with Crippen LogP contribution in [-0.2, 0) is 14.3 Å². The second-order valence-corrected chi connectivity index (χ2v) is 5.62. The smallest absolute Gasteiger partial charge is 0.323 e. The molecule has 0 aromatic heterocycles.